The lowest BCUT2D eigenvalue weighted by atomic mass is 10.1. The maximum absolute atomic E-state index is 12.4. The number of unbranched alkanes of at least 4 members (excludes halogenated alkanes) is 3. The van der Waals surface area contributed by atoms with Crippen molar-refractivity contribution in [2.24, 2.45) is 10.8 Å². The predicted molar refractivity (Wildman–Crippen MR) is 108 cm³/mol. The first-order valence-electron chi connectivity index (χ1n) is 8.88. The van der Waals surface area contributed by atoms with E-state index in [-0.39, 0.29) is 11.8 Å². The number of methoxy groups -OCH3 is 1. The maximum Gasteiger partial charge on any atom is 0.269 e. The molecule has 0 spiro atoms. The largest absolute Gasteiger partial charge is 0.497 e. The van der Waals surface area contributed by atoms with Gasteiger partial charge in [0.15, 0.2) is 5.17 Å². The lowest BCUT2D eigenvalue weighted by Crippen LogP contribution is -2.38. The van der Waals surface area contributed by atoms with Crippen molar-refractivity contribution >= 4 is 34.4 Å². The average Bonchev–Trinajstić information content (AvgIpc) is 3.03. The van der Waals surface area contributed by atoms with Crippen molar-refractivity contribution in [2.45, 2.75) is 25.7 Å². The van der Waals surface area contributed by atoms with Crippen molar-refractivity contribution in [1.29, 1.82) is 5.26 Å². The SMILES string of the molecule is COc1ccc(C(=O)N(N)CCCCCCN2C(=O)CSC2=NC#N)c(N)c1. The Bertz CT molecular complexity index is 792. The van der Waals surface area contributed by atoms with Crippen LogP contribution in [0.15, 0.2) is 23.2 Å². The highest BCUT2D eigenvalue weighted by atomic mass is 32.2. The minimum atomic E-state index is -0.336. The fourth-order valence-corrected chi connectivity index (χ4v) is 3.63. The van der Waals surface area contributed by atoms with Crippen LogP contribution in [-0.2, 0) is 4.79 Å². The number of carbonyl (C=O) groups is 2. The Morgan fingerprint density at radius 3 is 2.82 bits per heavy atom. The van der Waals surface area contributed by atoms with Gasteiger partial charge in [0.25, 0.3) is 5.91 Å². The van der Waals surface area contributed by atoms with Gasteiger partial charge >= 0.3 is 0 Å². The van der Waals surface area contributed by atoms with Crippen LogP contribution in [-0.4, -0.2) is 52.8 Å². The first-order chi connectivity index (χ1) is 13.5. The van der Waals surface area contributed by atoms with Crippen LogP contribution < -0.4 is 16.3 Å². The van der Waals surface area contributed by atoms with Crippen LogP contribution in [0.1, 0.15) is 36.0 Å². The third kappa shape index (κ3) is 5.61. The molecule has 2 rings (SSSR count). The van der Waals surface area contributed by atoms with E-state index in [9.17, 15) is 9.59 Å². The highest BCUT2D eigenvalue weighted by molar-refractivity contribution is 8.15. The highest BCUT2D eigenvalue weighted by Gasteiger charge is 2.27. The molecule has 0 aliphatic carbocycles. The van der Waals surface area contributed by atoms with Crippen molar-refractivity contribution in [2.75, 3.05) is 31.7 Å². The van der Waals surface area contributed by atoms with E-state index in [0.29, 0.717) is 41.0 Å². The zero-order chi connectivity index (χ0) is 20.5. The number of anilines is 1. The molecule has 1 saturated heterocycles. The van der Waals surface area contributed by atoms with Gasteiger partial charge in [0.1, 0.15) is 5.75 Å². The number of ether oxygens (including phenoxy) is 1. The Hall–Kier alpha value is -2.77. The summed E-state index contributed by atoms with van der Waals surface area (Å²) in [6.07, 6.45) is 4.99. The minimum absolute atomic E-state index is 0.0187. The molecule has 1 aliphatic heterocycles. The molecule has 2 amide bonds. The molecule has 0 unspecified atom stereocenters. The van der Waals surface area contributed by atoms with Crippen LogP contribution in [0.2, 0.25) is 0 Å². The molecule has 1 fully saturated rings. The zero-order valence-electron chi connectivity index (χ0n) is 15.8. The number of amidine groups is 1. The molecule has 10 heteroatoms. The quantitative estimate of drug-likeness (QED) is 0.159. The van der Waals surface area contributed by atoms with Crippen LogP contribution in [0, 0.1) is 11.5 Å². The molecule has 0 aromatic heterocycles. The topological polar surface area (TPSA) is 138 Å². The average molecular weight is 404 g/mol. The van der Waals surface area contributed by atoms with Crippen molar-refractivity contribution in [3.63, 3.8) is 0 Å². The predicted octanol–water partition coefficient (Wildman–Crippen LogP) is 1.57. The van der Waals surface area contributed by atoms with Crippen molar-refractivity contribution in [3.8, 4) is 11.9 Å². The lowest BCUT2D eigenvalue weighted by molar-refractivity contribution is -0.124. The monoisotopic (exact) mass is 404 g/mol. The Morgan fingerprint density at radius 2 is 2.14 bits per heavy atom. The number of nitrogen functional groups attached to an aromatic ring is 1. The number of hydrogen-bond donors (Lipinski definition) is 2. The van der Waals surface area contributed by atoms with Gasteiger partial charge in [-0.3, -0.25) is 19.5 Å². The first-order valence-corrected chi connectivity index (χ1v) is 9.86. The molecule has 9 nitrogen and oxygen atoms in total. The summed E-state index contributed by atoms with van der Waals surface area (Å²) in [7, 11) is 1.53. The van der Waals surface area contributed by atoms with Gasteiger partial charge in [-0.25, -0.2) is 5.84 Å². The summed E-state index contributed by atoms with van der Waals surface area (Å²) in [5.41, 5.74) is 6.55. The van der Waals surface area contributed by atoms with Crippen molar-refractivity contribution in [1.82, 2.24) is 9.91 Å². The second-order valence-electron chi connectivity index (χ2n) is 6.19. The molecule has 0 radical (unpaired) electrons. The van der Waals surface area contributed by atoms with Gasteiger partial charge in [-0.15, -0.1) is 4.99 Å². The lowest BCUT2D eigenvalue weighted by Gasteiger charge is -2.18. The van der Waals surface area contributed by atoms with E-state index in [4.69, 9.17) is 21.6 Å². The van der Waals surface area contributed by atoms with Gasteiger partial charge in [0.2, 0.25) is 12.1 Å². The van der Waals surface area contributed by atoms with Gasteiger partial charge in [0, 0.05) is 24.8 Å². The fourth-order valence-electron chi connectivity index (χ4n) is 2.77. The zero-order valence-corrected chi connectivity index (χ0v) is 16.6. The summed E-state index contributed by atoms with van der Waals surface area (Å²) >= 11 is 1.28. The Balaban J connectivity index is 1.70. The van der Waals surface area contributed by atoms with Gasteiger partial charge in [-0.2, -0.15) is 5.26 Å². The van der Waals surface area contributed by atoms with Crippen LogP contribution in [0.4, 0.5) is 5.69 Å². The number of aliphatic imine (C=N–C) groups is 1. The molecule has 4 N–H and O–H groups in total. The van der Waals surface area contributed by atoms with E-state index in [1.807, 2.05) is 0 Å². The van der Waals surface area contributed by atoms with Gasteiger partial charge < -0.3 is 10.5 Å². The Morgan fingerprint density at radius 1 is 1.39 bits per heavy atom. The van der Waals surface area contributed by atoms with Gasteiger partial charge in [-0.1, -0.05) is 24.6 Å². The third-order valence-corrected chi connectivity index (χ3v) is 5.24. The standard InChI is InChI=1S/C18H24N6O3S/c1-27-13-6-7-14(15(20)10-13)17(26)24(21)9-5-3-2-4-8-23-16(25)11-28-18(23)22-12-19/h6-7,10H,2-5,8-9,11,20-21H2,1H3. The molecule has 0 saturated carbocycles. The molecule has 1 aromatic rings. The van der Waals surface area contributed by atoms with Crippen LogP contribution >= 0.6 is 11.8 Å². The van der Waals surface area contributed by atoms with E-state index in [1.165, 1.54) is 18.9 Å². The second kappa shape index (κ2) is 10.5. The smallest absolute Gasteiger partial charge is 0.269 e. The normalized spacial score (nSPS) is 15.0. The minimum Gasteiger partial charge on any atom is -0.497 e. The Kier molecular flexibility index (Phi) is 8.10. The van der Waals surface area contributed by atoms with Gasteiger partial charge in [0.05, 0.1) is 18.4 Å². The summed E-state index contributed by atoms with van der Waals surface area (Å²) in [5, 5.41) is 10.3. The number of hydrogen-bond acceptors (Lipinski definition) is 8. The van der Waals surface area contributed by atoms with E-state index in [0.717, 1.165) is 30.7 Å². The Labute approximate surface area is 168 Å². The number of amides is 2. The van der Waals surface area contributed by atoms with Gasteiger partial charge in [-0.05, 0) is 25.0 Å². The number of thioether (sulfide) groups is 1. The van der Waals surface area contributed by atoms with Crippen LogP contribution in [0.25, 0.3) is 0 Å². The number of carbonyl (C=O) groups excluding carboxylic acids is 2. The molecule has 150 valence electrons. The summed E-state index contributed by atoms with van der Waals surface area (Å²) in [5.74, 6) is 6.42. The van der Waals surface area contributed by atoms with E-state index in [2.05, 4.69) is 4.99 Å². The molecular formula is C18H24N6O3S. The maximum atomic E-state index is 12.4. The summed E-state index contributed by atoms with van der Waals surface area (Å²) < 4.78 is 5.07. The molecule has 1 aliphatic rings. The number of nitriles is 1. The summed E-state index contributed by atoms with van der Waals surface area (Å²) in [6, 6.07) is 4.85. The van der Waals surface area contributed by atoms with E-state index < -0.39 is 0 Å². The number of hydrazine groups is 1. The molecule has 28 heavy (non-hydrogen) atoms. The number of rotatable bonds is 9. The third-order valence-electron chi connectivity index (χ3n) is 4.28. The second-order valence-corrected chi connectivity index (χ2v) is 7.14. The van der Waals surface area contributed by atoms with E-state index >= 15 is 0 Å². The van der Waals surface area contributed by atoms with Crippen molar-refractivity contribution < 1.29 is 14.3 Å². The molecule has 1 aromatic carbocycles. The summed E-state index contributed by atoms with van der Waals surface area (Å²) in [6.45, 7) is 0.948. The first kappa shape index (κ1) is 21.5. The fraction of sp³-hybridized carbons (Fsp3) is 0.444. The van der Waals surface area contributed by atoms with E-state index in [1.54, 1.807) is 29.3 Å². The number of nitrogens with zero attached hydrogens (tertiary/aromatic N) is 4. The molecule has 0 atom stereocenters. The molecular weight excluding hydrogens is 380 g/mol. The molecule has 1 heterocycles. The summed E-state index contributed by atoms with van der Waals surface area (Å²) in [4.78, 5) is 29.4. The molecule has 0 bridgehead atoms. The number of nitrogens with two attached hydrogens (primary N) is 2. The van der Waals surface area contributed by atoms with Crippen molar-refractivity contribution in [3.05, 3.63) is 23.8 Å². The van der Waals surface area contributed by atoms with Crippen LogP contribution in [0.3, 0.4) is 0 Å². The highest BCUT2D eigenvalue weighted by Crippen LogP contribution is 2.21. The van der Waals surface area contributed by atoms with Crippen LogP contribution in [0.5, 0.6) is 5.75 Å². The number of benzene rings is 1.